The van der Waals surface area contributed by atoms with Gasteiger partial charge < -0.3 is 15.0 Å². The van der Waals surface area contributed by atoms with Gasteiger partial charge in [0.25, 0.3) is 0 Å². The van der Waals surface area contributed by atoms with Crippen LogP contribution in [0, 0.1) is 5.92 Å². The van der Waals surface area contributed by atoms with Gasteiger partial charge >= 0.3 is 0 Å². The standard InChI is InChI=1S/C22H30N4O2/c27-22(19-11-16-28-17-19)24-21-8-12-23-26(21)20-9-14-25(15-10-20)13-4-7-18-5-2-1-3-6-18/h1-3,5-6,8,12,19-20H,4,7,9-11,13-17H2,(H,24,27)/t19-/m0/s1. The normalized spacial score (nSPS) is 21.1. The van der Waals surface area contributed by atoms with Crippen molar-refractivity contribution in [2.75, 3.05) is 38.2 Å². The summed E-state index contributed by atoms with van der Waals surface area (Å²) in [5.74, 6) is 0.840. The van der Waals surface area contributed by atoms with Gasteiger partial charge in [-0.15, -0.1) is 0 Å². The Labute approximate surface area is 166 Å². The predicted molar refractivity (Wildman–Crippen MR) is 109 cm³/mol. The molecule has 1 amide bonds. The molecule has 0 unspecified atom stereocenters. The SMILES string of the molecule is O=C(Nc1ccnn1C1CCN(CCCc2ccccc2)CC1)[C@H]1CCOC1. The van der Waals surface area contributed by atoms with Crippen molar-refractivity contribution in [3.63, 3.8) is 0 Å². The number of amides is 1. The van der Waals surface area contributed by atoms with Crippen LogP contribution in [0.25, 0.3) is 0 Å². The summed E-state index contributed by atoms with van der Waals surface area (Å²) >= 11 is 0. The number of nitrogens with zero attached hydrogens (tertiary/aromatic N) is 3. The topological polar surface area (TPSA) is 59.4 Å². The Morgan fingerprint density at radius 3 is 2.71 bits per heavy atom. The minimum absolute atomic E-state index is 0.0326. The van der Waals surface area contributed by atoms with E-state index in [4.69, 9.17) is 4.74 Å². The van der Waals surface area contributed by atoms with Crippen LogP contribution >= 0.6 is 0 Å². The van der Waals surface area contributed by atoms with Crippen LogP contribution in [-0.4, -0.2) is 53.4 Å². The number of aryl methyl sites for hydroxylation is 1. The van der Waals surface area contributed by atoms with Gasteiger partial charge in [-0.25, -0.2) is 4.68 Å². The van der Waals surface area contributed by atoms with Crippen LogP contribution in [0.4, 0.5) is 5.82 Å². The van der Waals surface area contributed by atoms with E-state index in [1.807, 2.05) is 10.7 Å². The molecule has 2 aliphatic heterocycles. The number of hydrogen-bond acceptors (Lipinski definition) is 4. The molecule has 0 saturated carbocycles. The minimum atomic E-state index is -0.0326. The number of likely N-dealkylation sites (tertiary alicyclic amines) is 1. The molecule has 2 aromatic rings. The van der Waals surface area contributed by atoms with Crippen molar-refractivity contribution in [2.45, 2.75) is 38.1 Å². The highest BCUT2D eigenvalue weighted by molar-refractivity contribution is 5.92. The van der Waals surface area contributed by atoms with E-state index in [2.05, 4.69) is 45.6 Å². The van der Waals surface area contributed by atoms with Crippen molar-refractivity contribution < 1.29 is 9.53 Å². The number of anilines is 1. The minimum Gasteiger partial charge on any atom is -0.381 e. The van der Waals surface area contributed by atoms with Crippen LogP contribution in [0.15, 0.2) is 42.6 Å². The summed E-state index contributed by atoms with van der Waals surface area (Å²) in [6.07, 6.45) is 7.07. The van der Waals surface area contributed by atoms with Crippen molar-refractivity contribution in [3.8, 4) is 0 Å². The average molecular weight is 383 g/mol. The monoisotopic (exact) mass is 382 g/mol. The molecule has 6 nitrogen and oxygen atoms in total. The molecule has 1 N–H and O–H groups in total. The second-order valence-corrected chi connectivity index (χ2v) is 7.87. The smallest absolute Gasteiger partial charge is 0.231 e. The summed E-state index contributed by atoms with van der Waals surface area (Å²) in [4.78, 5) is 14.9. The van der Waals surface area contributed by atoms with Crippen molar-refractivity contribution in [1.82, 2.24) is 14.7 Å². The fourth-order valence-corrected chi connectivity index (χ4v) is 4.21. The van der Waals surface area contributed by atoms with E-state index in [1.54, 1.807) is 6.20 Å². The molecule has 3 heterocycles. The second-order valence-electron chi connectivity index (χ2n) is 7.87. The van der Waals surface area contributed by atoms with Crippen LogP contribution in [0.2, 0.25) is 0 Å². The summed E-state index contributed by atoms with van der Waals surface area (Å²) in [7, 11) is 0. The number of carbonyl (C=O) groups excluding carboxylic acids is 1. The van der Waals surface area contributed by atoms with Gasteiger partial charge in [0.1, 0.15) is 5.82 Å². The van der Waals surface area contributed by atoms with E-state index >= 15 is 0 Å². The number of piperidine rings is 1. The van der Waals surface area contributed by atoms with E-state index in [0.29, 0.717) is 19.3 Å². The molecule has 4 rings (SSSR count). The van der Waals surface area contributed by atoms with Crippen molar-refractivity contribution >= 4 is 11.7 Å². The predicted octanol–water partition coefficient (Wildman–Crippen LogP) is 3.13. The first-order valence-electron chi connectivity index (χ1n) is 10.5. The largest absolute Gasteiger partial charge is 0.381 e. The lowest BCUT2D eigenvalue weighted by Gasteiger charge is -2.32. The molecule has 2 aliphatic rings. The number of nitrogens with one attached hydrogen (secondary N) is 1. The first kappa shape index (κ1) is 19.2. The maximum absolute atomic E-state index is 12.4. The number of rotatable bonds is 7. The van der Waals surface area contributed by atoms with Crippen molar-refractivity contribution in [1.29, 1.82) is 0 Å². The third kappa shape index (κ3) is 4.80. The molecule has 150 valence electrons. The molecule has 2 saturated heterocycles. The molecule has 0 radical (unpaired) electrons. The number of benzene rings is 1. The van der Waals surface area contributed by atoms with Gasteiger partial charge in [-0.05, 0) is 44.2 Å². The Hall–Kier alpha value is -2.18. The summed E-state index contributed by atoms with van der Waals surface area (Å²) in [6.45, 7) is 4.53. The lowest BCUT2D eigenvalue weighted by Crippen LogP contribution is -2.36. The lowest BCUT2D eigenvalue weighted by atomic mass is 10.0. The Balaban J connectivity index is 1.24. The number of aromatic nitrogens is 2. The van der Waals surface area contributed by atoms with Crippen molar-refractivity contribution in [2.24, 2.45) is 5.92 Å². The van der Waals surface area contributed by atoms with E-state index in [0.717, 1.165) is 51.1 Å². The summed E-state index contributed by atoms with van der Waals surface area (Å²) in [5.41, 5.74) is 1.42. The Morgan fingerprint density at radius 1 is 1.14 bits per heavy atom. The van der Waals surface area contributed by atoms with Gasteiger partial charge in [-0.3, -0.25) is 4.79 Å². The Morgan fingerprint density at radius 2 is 1.96 bits per heavy atom. The zero-order valence-electron chi connectivity index (χ0n) is 16.4. The molecule has 1 atom stereocenters. The van der Waals surface area contributed by atoms with E-state index < -0.39 is 0 Å². The molecule has 6 heteroatoms. The Bertz CT molecular complexity index is 747. The molecule has 28 heavy (non-hydrogen) atoms. The molecule has 0 aliphatic carbocycles. The zero-order chi connectivity index (χ0) is 19.2. The molecular formula is C22H30N4O2. The first-order chi connectivity index (χ1) is 13.8. The summed E-state index contributed by atoms with van der Waals surface area (Å²) in [5, 5.41) is 7.56. The van der Waals surface area contributed by atoms with E-state index in [-0.39, 0.29) is 11.8 Å². The van der Waals surface area contributed by atoms with Gasteiger partial charge in [-0.1, -0.05) is 30.3 Å². The highest BCUT2D eigenvalue weighted by Gasteiger charge is 2.26. The van der Waals surface area contributed by atoms with Gasteiger partial charge in [0.2, 0.25) is 5.91 Å². The molecule has 1 aromatic heterocycles. The molecular weight excluding hydrogens is 352 g/mol. The number of carbonyl (C=O) groups is 1. The first-order valence-corrected chi connectivity index (χ1v) is 10.5. The highest BCUT2D eigenvalue weighted by atomic mass is 16.5. The van der Waals surface area contributed by atoms with Gasteiger partial charge in [0.05, 0.1) is 24.8 Å². The molecule has 2 fully saturated rings. The van der Waals surface area contributed by atoms with Crippen LogP contribution in [0.5, 0.6) is 0 Å². The van der Waals surface area contributed by atoms with Gasteiger partial charge in [0, 0.05) is 25.8 Å². The highest BCUT2D eigenvalue weighted by Crippen LogP contribution is 2.26. The zero-order valence-corrected chi connectivity index (χ0v) is 16.4. The van der Waals surface area contributed by atoms with E-state index in [1.165, 1.54) is 12.0 Å². The van der Waals surface area contributed by atoms with E-state index in [9.17, 15) is 4.79 Å². The van der Waals surface area contributed by atoms with Crippen molar-refractivity contribution in [3.05, 3.63) is 48.2 Å². The van der Waals surface area contributed by atoms with Crippen LogP contribution < -0.4 is 5.32 Å². The number of hydrogen-bond donors (Lipinski definition) is 1. The Kier molecular flexibility index (Phi) is 6.39. The van der Waals surface area contributed by atoms with Crippen LogP contribution in [0.1, 0.15) is 37.3 Å². The fraction of sp³-hybridized carbons (Fsp3) is 0.545. The van der Waals surface area contributed by atoms with Gasteiger partial charge in [0.15, 0.2) is 0 Å². The lowest BCUT2D eigenvalue weighted by molar-refractivity contribution is -0.119. The summed E-state index contributed by atoms with van der Waals surface area (Å²) in [6, 6.07) is 13.0. The fourth-order valence-electron chi connectivity index (χ4n) is 4.21. The maximum atomic E-state index is 12.4. The average Bonchev–Trinajstić information content (AvgIpc) is 3.42. The molecule has 0 spiro atoms. The quantitative estimate of drug-likeness (QED) is 0.799. The summed E-state index contributed by atoms with van der Waals surface area (Å²) < 4.78 is 7.34. The van der Waals surface area contributed by atoms with Crippen LogP contribution in [-0.2, 0) is 16.0 Å². The second kappa shape index (κ2) is 9.34. The maximum Gasteiger partial charge on any atom is 0.231 e. The van der Waals surface area contributed by atoms with Gasteiger partial charge in [-0.2, -0.15) is 5.10 Å². The number of ether oxygens (including phenoxy) is 1. The third-order valence-electron chi connectivity index (χ3n) is 5.91. The van der Waals surface area contributed by atoms with Crippen LogP contribution in [0.3, 0.4) is 0 Å². The molecule has 0 bridgehead atoms. The third-order valence-corrected chi connectivity index (χ3v) is 5.91. The molecule has 1 aromatic carbocycles.